The molecule has 2 aromatic heterocycles. The van der Waals surface area contributed by atoms with E-state index in [9.17, 15) is 8.42 Å². The van der Waals surface area contributed by atoms with Gasteiger partial charge in [0.15, 0.2) is 5.76 Å². The van der Waals surface area contributed by atoms with Crippen LogP contribution < -0.4 is 0 Å². The van der Waals surface area contributed by atoms with Crippen molar-refractivity contribution in [2.75, 3.05) is 14.1 Å². The summed E-state index contributed by atoms with van der Waals surface area (Å²) in [7, 11) is -0.500. The fourth-order valence-electron chi connectivity index (χ4n) is 2.08. The molecule has 0 amide bonds. The summed E-state index contributed by atoms with van der Waals surface area (Å²) in [5.74, 6) is 1.71. The number of pyridine rings is 1. The molecule has 136 valence electrons. The number of sulfonamides is 1. The maximum absolute atomic E-state index is 12.0. The highest BCUT2D eigenvalue weighted by Gasteiger charge is 2.17. The van der Waals surface area contributed by atoms with Crippen LogP contribution in [0.1, 0.15) is 5.89 Å². The molecule has 3 aromatic rings. The molecule has 0 aliphatic rings. The lowest BCUT2D eigenvalue weighted by molar-refractivity contribution is 0.520. The number of hydrogen-bond donors (Lipinski definition) is 0. The van der Waals surface area contributed by atoms with Gasteiger partial charge in [-0.25, -0.2) is 22.7 Å². The summed E-state index contributed by atoms with van der Waals surface area (Å²) >= 11 is 7.30. The first-order valence-electron chi connectivity index (χ1n) is 7.58. The predicted octanol–water partition coefficient (Wildman–Crippen LogP) is 3.93. The lowest BCUT2D eigenvalue weighted by Gasteiger charge is -2.10. The first-order chi connectivity index (χ1) is 12.4. The summed E-state index contributed by atoms with van der Waals surface area (Å²) in [5, 5.41) is 1.35. The van der Waals surface area contributed by atoms with E-state index in [0.717, 1.165) is 9.87 Å². The zero-order chi connectivity index (χ0) is 18.7. The van der Waals surface area contributed by atoms with Gasteiger partial charge in [-0.05, 0) is 36.4 Å². The van der Waals surface area contributed by atoms with Crippen molar-refractivity contribution < 1.29 is 12.8 Å². The molecule has 0 aliphatic carbocycles. The van der Waals surface area contributed by atoms with Crippen molar-refractivity contribution in [3.05, 3.63) is 59.7 Å². The van der Waals surface area contributed by atoms with Crippen molar-refractivity contribution in [3.8, 4) is 11.3 Å². The van der Waals surface area contributed by atoms with Crippen LogP contribution in [0.15, 0.2) is 63.1 Å². The monoisotopic (exact) mass is 409 g/mol. The Morgan fingerprint density at radius 2 is 1.81 bits per heavy atom. The highest BCUT2D eigenvalue weighted by molar-refractivity contribution is 7.98. The summed E-state index contributed by atoms with van der Waals surface area (Å²) < 4.78 is 30.9. The molecule has 0 bridgehead atoms. The van der Waals surface area contributed by atoms with Gasteiger partial charge in [0.1, 0.15) is 4.90 Å². The number of aromatic nitrogens is 2. The summed E-state index contributed by atoms with van der Waals surface area (Å²) in [6.07, 6.45) is 3.02. The smallest absolute Gasteiger partial charge is 0.244 e. The van der Waals surface area contributed by atoms with Crippen LogP contribution in [0.4, 0.5) is 0 Å². The van der Waals surface area contributed by atoms with Crippen LogP contribution in [-0.4, -0.2) is 36.8 Å². The second-order valence-corrected chi connectivity index (χ2v) is 9.12. The molecule has 0 N–H and O–H groups in total. The van der Waals surface area contributed by atoms with E-state index >= 15 is 0 Å². The Hall–Kier alpha value is -1.87. The molecule has 0 radical (unpaired) electrons. The number of rotatable bonds is 6. The lowest BCUT2D eigenvalue weighted by atomic mass is 10.2. The van der Waals surface area contributed by atoms with Gasteiger partial charge in [-0.3, -0.25) is 0 Å². The molecule has 0 aliphatic heterocycles. The van der Waals surface area contributed by atoms with Crippen LogP contribution in [0, 0.1) is 0 Å². The zero-order valence-corrected chi connectivity index (χ0v) is 16.5. The highest BCUT2D eigenvalue weighted by Crippen LogP contribution is 2.26. The minimum atomic E-state index is -3.47. The van der Waals surface area contributed by atoms with E-state index in [2.05, 4.69) is 9.97 Å². The van der Waals surface area contributed by atoms with Gasteiger partial charge in [-0.15, -0.1) is 0 Å². The van der Waals surface area contributed by atoms with Gasteiger partial charge in [0.05, 0.1) is 17.0 Å². The maximum atomic E-state index is 12.0. The van der Waals surface area contributed by atoms with Crippen LogP contribution in [0.2, 0.25) is 5.02 Å². The minimum Gasteiger partial charge on any atom is -0.440 e. The Balaban J connectivity index is 1.65. The third kappa shape index (κ3) is 4.27. The summed E-state index contributed by atoms with van der Waals surface area (Å²) in [6, 6.07) is 10.5. The second kappa shape index (κ2) is 7.79. The van der Waals surface area contributed by atoms with Crippen LogP contribution in [0.25, 0.3) is 11.3 Å². The van der Waals surface area contributed by atoms with Crippen molar-refractivity contribution >= 4 is 33.4 Å². The molecular weight excluding hydrogens is 394 g/mol. The molecule has 0 saturated heterocycles. The van der Waals surface area contributed by atoms with Crippen molar-refractivity contribution in [1.29, 1.82) is 0 Å². The van der Waals surface area contributed by atoms with Crippen LogP contribution >= 0.6 is 23.4 Å². The largest absolute Gasteiger partial charge is 0.440 e. The molecule has 0 saturated carbocycles. The number of nitrogens with zero attached hydrogens (tertiary/aromatic N) is 3. The predicted molar refractivity (Wildman–Crippen MR) is 102 cm³/mol. The molecule has 0 fully saturated rings. The molecule has 2 heterocycles. The Bertz CT molecular complexity index is 985. The molecule has 0 atom stereocenters. The first-order valence-corrected chi connectivity index (χ1v) is 10.4. The van der Waals surface area contributed by atoms with Gasteiger partial charge in [0, 0.05) is 30.9 Å². The van der Waals surface area contributed by atoms with E-state index in [0.29, 0.717) is 27.5 Å². The quantitative estimate of drug-likeness (QED) is 0.574. The third-order valence-electron chi connectivity index (χ3n) is 3.51. The Morgan fingerprint density at radius 1 is 1.08 bits per heavy atom. The van der Waals surface area contributed by atoms with Gasteiger partial charge < -0.3 is 4.42 Å². The number of thioether (sulfide) groups is 1. The average molecular weight is 410 g/mol. The van der Waals surface area contributed by atoms with Gasteiger partial charge >= 0.3 is 0 Å². The average Bonchev–Trinajstić information content (AvgIpc) is 3.10. The Morgan fingerprint density at radius 3 is 2.42 bits per heavy atom. The number of benzene rings is 1. The zero-order valence-electron chi connectivity index (χ0n) is 14.1. The third-order valence-corrected chi connectivity index (χ3v) is 6.49. The van der Waals surface area contributed by atoms with Crippen molar-refractivity contribution in [2.24, 2.45) is 0 Å². The summed E-state index contributed by atoms with van der Waals surface area (Å²) in [6.45, 7) is 0. The Kier molecular flexibility index (Phi) is 5.67. The fraction of sp³-hybridized carbons (Fsp3) is 0.176. The van der Waals surface area contributed by atoms with Crippen molar-refractivity contribution in [3.63, 3.8) is 0 Å². The number of halogens is 1. The molecule has 0 unspecified atom stereocenters. The maximum Gasteiger partial charge on any atom is 0.244 e. The van der Waals surface area contributed by atoms with E-state index in [1.165, 1.54) is 32.1 Å². The van der Waals surface area contributed by atoms with Crippen LogP contribution in [0.3, 0.4) is 0 Å². The minimum absolute atomic E-state index is 0.160. The molecule has 26 heavy (non-hydrogen) atoms. The summed E-state index contributed by atoms with van der Waals surface area (Å²) in [5.41, 5.74) is 0.898. The van der Waals surface area contributed by atoms with E-state index in [4.69, 9.17) is 16.0 Å². The molecule has 0 spiro atoms. The molecular formula is C17H16ClN3O3S2. The second-order valence-electron chi connectivity index (χ2n) is 5.53. The van der Waals surface area contributed by atoms with Gasteiger partial charge in [-0.2, -0.15) is 0 Å². The van der Waals surface area contributed by atoms with Crippen molar-refractivity contribution in [2.45, 2.75) is 15.7 Å². The fourth-order valence-corrected chi connectivity index (χ4v) is 3.75. The van der Waals surface area contributed by atoms with E-state index < -0.39 is 10.0 Å². The normalized spacial score (nSPS) is 11.8. The van der Waals surface area contributed by atoms with E-state index in [1.807, 2.05) is 12.1 Å². The molecule has 1 aromatic carbocycles. The highest BCUT2D eigenvalue weighted by atomic mass is 35.5. The number of oxazole rings is 1. The molecule has 6 nitrogen and oxygen atoms in total. The molecule has 9 heteroatoms. The summed E-state index contributed by atoms with van der Waals surface area (Å²) in [4.78, 5) is 8.61. The topological polar surface area (TPSA) is 76.3 Å². The SMILES string of the molecule is CN(C)S(=O)(=O)c1ccc(SCc2ncc(-c3ccc(Cl)cc3)o2)nc1. The Labute approximate surface area is 161 Å². The van der Waals surface area contributed by atoms with Crippen molar-refractivity contribution in [1.82, 2.24) is 14.3 Å². The number of hydrogen-bond acceptors (Lipinski definition) is 6. The van der Waals surface area contributed by atoms with E-state index in [-0.39, 0.29) is 4.90 Å². The lowest BCUT2D eigenvalue weighted by Crippen LogP contribution is -2.22. The standard InChI is InChI=1S/C17H16ClN3O3S2/c1-21(2)26(22,23)14-7-8-17(20-9-14)25-11-16-19-10-15(24-16)12-3-5-13(18)6-4-12/h3-10H,11H2,1-2H3. The van der Waals surface area contributed by atoms with Gasteiger partial charge in [0.25, 0.3) is 0 Å². The van der Waals surface area contributed by atoms with E-state index in [1.54, 1.807) is 30.5 Å². The van der Waals surface area contributed by atoms with Crippen LogP contribution in [0.5, 0.6) is 0 Å². The first kappa shape index (κ1) is 18.9. The van der Waals surface area contributed by atoms with Gasteiger partial charge in [-0.1, -0.05) is 23.4 Å². The van der Waals surface area contributed by atoms with Gasteiger partial charge in [0.2, 0.25) is 15.9 Å². The molecule has 3 rings (SSSR count). The van der Waals surface area contributed by atoms with Crippen LogP contribution in [-0.2, 0) is 15.8 Å².